The highest BCUT2D eigenvalue weighted by atomic mass is 79.9. The smallest absolute Gasteiger partial charge is 0.184 e. The summed E-state index contributed by atoms with van der Waals surface area (Å²) in [6, 6.07) is 11.8. The van der Waals surface area contributed by atoms with E-state index in [1.54, 1.807) is 24.3 Å². The number of sulfone groups is 1. The van der Waals surface area contributed by atoms with Crippen LogP contribution in [-0.2, 0) is 15.6 Å². The molecule has 0 saturated carbocycles. The van der Waals surface area contributed by atoms with Gasteiger partial charge in [0.1, 0.15) is 5.75 Å². The van der Waals surface area contributed by atoms with Crippen molar-refractivity contribution in [3.63, 3.8) is 0 Å². The zero-order valence-corrected chi connectivity index (χ0v) is 13.2. The third kappa shape index (κ3) is 3.32. The number of hydrogen-bond acceptors (Lipinski definition) is 4. The third-order valence-electron chi connectivity index (χ3n) is 2.80. The van der Waals surface area contributed by atoms with Crippen molar-refractivity contribution < 1.29 is 13.2 Å². The van der Waals surface area contributed by atoms with E-state index in [2.05, 4.69) is 15.9 Å². The molecule has 0 atom stereocenters. The van der Waals surface area contributed by atoms with E-state index >= 15 is 0 Å². The van der Waals surface area contributed by atoms with Crippen molar-refractivity contribution >= 4 is 31.5 Å². The summed E-state index contributed by atoms with van der Waals surface area (Å²) >= 11 is 3.32. The number of halogens is 1. The number of nitrogens with two attached hydrogens (primary N) is 1. The summed E-state index contributed by atoms with van der Waals surface area (Å²) < 4.78 is 30.8. The first kappa shape index (κ1) is 14.9. The number of methoxy groups -OCH3 is 1. The van der Waals surface area contributed by atoms with Crippen LogP contribution in [-0.4, -0.2) is 15.5 Å². The first-order valence-corrected chi connectivity index (χ1v) is 8.27. The molecule has 6 heteroatoms. The topological polar surface area (TPSA) is 69.4 Å². The Morgan fingerprint density at radius 2 is 1.95 bits per heavy atom. The lowest BCUT2D eigenvalue weighted by Gasteiger charge is -2.09. The summed E-state index contributed by atoms with van der Waals surface area (Å²) in [6.45, 7) is 0. The summed E-state index contributed by atoms with van der Waals surface area (Å²) in [7, 11) is -2.04. The maximum atomic E-state index is 12.5. The van der Waals surface area contributed by atoms with Crippen LogP contribution in [0, 0.1) is 0 Å². The number of benzene rings is 2. The van der Waals surface area contributed by atoms with Crippen LogP contribution < -0.4 is 10.5 Å². The van der Waals surface area contributed by atoms with Crippen molar-refractivity contribution in [2.24, 2.45) is 0 Å². The lowest BCUT2D eigenvalue weighted by atomic mass is 10.2. The minimum Gasteiger partial charge on any atom is -0.497 e. The number of nitrogen functional groups attached to an aromatic ring is 1. The minimum atomic E-state index is -3.52. The molecule has 0 unspecified atom stereocenters. The van der Waals surface area contributed by atoms with E-state index in [1.807, 2.05) is 6.07 Å². The standard InChI is InChI=1S/C14H14BrNO3S/c1-19-12-5-6-13(16)14(8-12)20(17,18)9-10-3-2-4-11(15)7-10/h2-8H,9,16H2,1H3. The van der Waals surface area contributed by atoms with Gasteiger partial charge in [-0.1, -0.05) is 28.1 Å². The van der Waals surface area contributed by atoms with Crippen LogP contribution in [0.4, 0.5) is 5.69 Å². The van der Waals surface area contributed by atoms with Gasteiger partial charge >= 0.3 is 0 Å². The summed E-state index contributed by atoms with van der Waals surface area (Å²) in [5.41, 5.74) is 6.69. The second kappa shape index (κ2) is 5.85. The molecule has 2 aromatic carbocycles. The van der Waals surface area contributed by atoms with Crippen molar-refractivity contribution in [3.05, 3.63) is 52.5 Å². The van der Waals surface area contributed by atoms with Gasteiger partial charge in [0.15, 0.2) is 9.84 Å². The van der Waals surface area contributed by atoms with Gasteiger partial charge in [-0.3, -0.25) is 0 Å². The molecule has 20 heavy (non-hydrogen) atoms. The van der Waals surface area contributed by atoms with Gasteiger partial charge in [-0.2, -0.15) is 0 Å². The Labute approximate surface area is 126 Å². The van der Waals surface area contributed by atoms with Gasteiger partial charge in [-0.05, 0) is 29.8 Å². The minimum absolute atomic E-state index is 0.0943. The average Bonchev–Trinajstić information content (AvgIpc) is 2.38. The van der Waals surface area contributed by atoms with E-state index in [9.17, 15) is 8.42 Å². The van der Waals surface area contributed by atoms with Crippen LogP contribution in [0.25, 0.3) is 0 Å². The second-order valence-electron chi connectivity index (χ2n) is 4.29. The first-order valence-electron chi connectivity index (χ1n) is 5.83. The molecule has 2 rings (SSSR count). The van der Waals surface area contributed by atoms with E-state index < -0.39 is 9.84 Å². The fourth-order valence-corrected chi connectivity index (χ4v) is 3.78. The normalized spacial score (nSPS) is 11.3. The number of anilines is 1. The third-order valence-corrected chi connectivity index (χ3v) is 5.03. The Balaban J connectivity index is 2.40. The maximum absolute atomic E-state index is 12.5. The van der Waals surface area contributed by atoms with Crippen LogP contribution >= 0.6 is 15.9 Å². The SMILES string of the molecule is COc1ccc(N)c(S(=O)(=O)Cc2cccc(Br)c2)c1. The highest BCUT2D eigenvalue weighted by Crippen LogP contribution is 2.27. The highest BCUT2D eigenvalue weighted by molar-refractivity contribution is 9.10. The molecule has 0 saturated heterocycles. The molecule has 4 nitrogen and oxygen atoms in total. The Bertz CT molecular complexity index is 729. The largest absolute Gasteiger partial charge is 0.497 e. The predicted molar refractivity (Wildman–Crippen MR) is 82.4 cm³/mol. The number of rotatable bonds is 4. The van der Waals surface area contributed by atoms with Gasteiger partial charge in [0.2, 0.25) is 0 Å². The molecule has 0 fully saturated rings. The van der Waals surface area contributed by atoms with Gasteiger partial charge in [-0.15, -0.1) is 0 Å². The molecular weight excluding hydrogens is 342 g/mol. The van der Waals surface area contributed by atoms with Gasteiger partial charge in [-0.25, -0.2) is 8.42 Å². The van der Waals surface area contributed by atoms with E-state index in [1.165, 1.54) is 19.2 Å². The lowest BCUT2D eigenvalue weighted by Crippen LogP contribution is -2.08. The van der Waals surface area contributed by atoms with Crippen LogP contribution in [0.1, 0.15) is 5.56 Å². The fourth-order valence-electron chi connectivity index (χ4n) is 1.83. The predicted octanol–water partition coefficient (Wildman–Crippen LogP) is 3.01. The number of ether oxygens (including phenoxy) is 1. The fraction of sp³-hybridized carbons (Fsp3) is 0.143. The second-order valence-corrected chi connectivity index (χ2v) is 7.17. The molecule has 0 aromatic heterocycles. The molecule has 0 bridgehead atoms. The van der Waals surface area contributed by atoms with Crippen molar-refractivity contribution in [3.8, 4) is 5.75 Å². The first-order chi connectivity index (χ1) is 9.42. The van der Waals surface area contributed by atoms with Gasteiger partial charge < -0.3 is 10.5 Å². The van der Waals surface area contributed by atoms with E-state index in [0.29, 0.717) is 11.3 Å². The van der Waals surface area contributed by atoms with Crippen molar-refractivity contribution in [2.75, 3.05) is 12.8 Å². The summed E-state index contributed by atoms with van der Waals surface area (Å²) in [5.74, 6) is 0.357. The molecule has 0 heterocycles. The van der Waals surface area contributed by atoms with Crippen molar-refractivity contribution in [2.45, 2.75) is 10.6 Å². The molecule has 0 spiro atoms. The molecular formula is C14H14BrNO3S. The zero-order chi connectivity index (χ0) is 14.8. The van der Waals surface area contributed by atoms with Crippen molar-refractivity contribution in [1.82, 2.24) is 0 Å². The van der Waals surface area contributed by atoms with Crippen molar-refractivity contribution in [1.29, 1.82) is 0 Å². The van der Waals surface area contributed by atoms with E-state index in [0.717, 1.165) is 4.47 Å². The van der Waals surface area contributed by atoms with Gasteiger partial charge in [0, 0.05) is 10.5 Å². The number of hydrogen-bond donors (Lipinski definition) is 1. The molecule has 0 aliphatic rings. The monoisotopic (exact) mass is 355 g/mol. The highest BCUT2D eigenvalue weighted by Gasteiger charge is 2.19. The molecule has 0 amide bonds. The average molecular weight is 356 g/mol. The Hall–Kier alpha value is -1.53. The summed E-state index contributed by atoms with van der Waals surface area (Å²) in [4.78, 5) is 0.0943. The quantitative estimate of drug-likeness (QED) is 0.855. The van der Waals surface area contributed by atoms with Crippen LogP contribution in [0.2, 0.25) is 0 Å². The molecule has 2 N–H and O–H groups in total. The van der Waals surface area contributed by atoms with E-state index in [4.69, 9.17) is 10.5 Å². The summed E-state index contributed by atoms with van der Waals surface area (Å²) in [6.07, 6.45) is 0. The Kier molecular flexibility index (Phi) is 4.35. The molecule has 0 aliphatic heterocycles. The molecule has 106 valence electrons. The molecule has 0 aliphatic carbocycles. The summed E-state index contributed by atoms with van der Waals surface area (Å²) in [5, 5.41) is 0. The van der Waals surface area contributed by atoms with Gasteiger partial charge in [0.05, 0.1) is 23.4 Å². The Morgan fingerprint density at radius 1 is 1.20 bits per heavy atom. The Morgan fingerprint density at radius 3 is 2.60 bits per heavy atom. The van der Waals surface area contributed by atoms with Crippen LogP contribution in [0.5, 0.6) is 5.75 Å². The molecule has 0 radical (unpaired) electrons. The zero-order valence-electron chi connectivity index (χ0n) is 10.8. The van der Waals surface area contributed by atoms with Gasteiger partial charge in [0.25, 0.3) is 0 Å². The molecule has 2 aromatic rings. The van der Waals surface area contributed by atoms with Crippen LogP contribution in [0.3, 0.4) is 0 Å². The van der Waals surface area contributed by atoms with E-state index in [-0.39, 0.29) is 16.3 Å². The maximum Gasteiger partial charge on any atom is 0.184 e. The lowest BCUT2D eigenvalue weighted by molar-refractivity contribution is 0.413. The van der Waals surface area contributed by atoms with Crippen LogP contribution in [0.15, 0.2) is 51.8 Å².